The molecule has 0 saturated heterocycles. The molecule has 1 amide bonds. The number of amides is 1. The highest BCUT2D eigenvalue weighted by molar-refractivity contribution is 7.91. The average molecular weight is 554 g/mol. The van der Waals surface area contributed by atoms with Crippen LogP contribution in [0.3, 0.4) is 0 Å². The van der Waals surface area contributed by atoms with Crippen molar-refractivity contribution in [2.75, 3.05) is 5.75 Å². The summed E-state index contributed by atoms with van der Waals surface area (Å²) in [5, 5.41) is 2.76. The number of allylic oxidation sites excluding steroid dienone is 1. The van der Waals surface area contributed by atoms with Gasteiger partial charge in [0.15, 0.2) is 15.6 Å². The standard InChI is InChI=1S/C27H34F3N3O4S/c1-4-38(35,36)22-10-9-21(31-15-22)14-32-26(34)23-13-19-16-33(24(17(2)3)25(19)37-23)12-11-18-5-7-20(8-6-18)27(28,29)30/h9-13,15,17-18,20,24H,4-8,14,16H2,1-3H3,(H,32,34)/b12-11+. The van der Waals surface area contributed by atoms with Gasteiger partial charge in [-0.15, -0.1) is 0 Å². The monoisotopic (exact) mass is 553 g/mol. The molecular weight excluding hydrogens is 519 g/mol. The van der Waals surface area contributed by atoms with Gasteiger partial charge in [-0.2, -0.15) is 13.2 Å². The van der Waals surface area contributed by atoms with Gasteiger partial charge in [0.25, 0.3) is 5.91 Å². The summed E-state index contributed by atoms with van der Waals surface area (Å²) in [6, 6.07) is 4.70. The average Bonchev–Trinajstić information content (AvgIpc) is 3.43. The molecule has 2 aromatic heterocycles. The highest BCUT2D eigenvalue weighted by Gasteiger charge is 2.41. The third-order valence-corrected chi connectivity index (χ3v) is 9.15. The lowest BCUT2D eigenvalue weighted by atomic mass is 9.81. The Hall–Kier alpha value is -2.82. The van der Waals surface area contributed by atoms with Gasteiger partial charge in [0.1, 0.15) is 5.76 Å². The summed E-state index contributed by atoms with van der Waals surface area (Å²) in [5.41, 5.74) is 1.43. The lowest BCUT2D eigenvalue weighted by molar-refractivity contribution is -0.183. The fourth-order valence-electron chi connectivity index (χ4n) is 5.20. The first-order chi connectivity index (χ1) is 17.9. The first-order valence-electron chi connectivity index (χ1n) is 13.0. The highest BCUT2D eigenvalue weighted by Crippen LogP contribution is 2.42. The van der Waals surface area contributed by atoms with Crippen molar-refractivity contribution in [2.45, 2.75) is 76.7 Å². The van der Waals surface area contributed by atoms with Gasteiger partial charge in [0.2, 0.25) is 0 Å². The molecule has 11 heteroatoms. The van der Waals surface area contributed by atoms with E-state index in [1.54, 1.807) is 19.1 Å². The van der Waals surface area contributed by atoms with E-state index in [9.17, 15) is 26.4 Å². The summed E-state index contributed by atoms with van der Waals surface area (Å²) < 4.78 is 68.7. The number of aromatic nitrogens is 1. The van der Waals surface area contributed by atoms with Crippen molar-refractivity contribution in [1.82, 2.24) is 15.2 Å². The van der Waals surface area contributed by atoms with Crippen molar-refractivity contribution in [3.63, 3.8) is 0 Å². The molecule has 1 aliphatic heterocycles. The molecule has 0 bridgehead atoms. The van der Waals surface area contributed by atoms with Gasteiger partial charge < -0.3 is 14.6 Å². The van der Waals surface area contributed by atoms with Crippen LogP contribution in [0.4, 0.5) is 13.2 Å². The Bertz CT molecular complexity index is 1260. The quantitative estimate of drug-likeness (QED) is 0.445. The van der Waals surface area contributed by atoms with E-state index < -0.39 is 27.8 Å². The molecule has 208 valence electrons. The molecule has 1 N–H and O–H groups in total. The molecule has 1 fully saturated rings. The molecule has 1 atom stereocenters. The summed E-state index contributed by atoms with van der Waals surface area (Å²) in [7, 11) is -3.34. The third-order valence-electron chi connectivity index (χ3n) is 7.43. The number of nitrogens with zero attached hydrogens (tertiary/aromatic N) is 2. The second-order valence-electron chi connectivity index (χ2n) is 10.4. The Balaban J connectivity index is 1.36. The summed E-state index contributed by atoms with van der Waals surface area (Å²) in [5.74, 6) is -0.365. The number of rotatable bonds is 8. The minimum atomic E-state index is -4.11. The predicted molar refractivity (Wildman–Crippen MR) is 136 cm³/mol. The van der Waals surface area contributed by atoms with Crippen molar-refractivity contribution in [3.05, 3.63) is 59.4 Å². The van der Waals surface area contributed by atoms with Gasteiger partial charge in [0, 0.05) is 18.3 Å². The Labute approximate surface area is 221 Å². The van der Waals surface area contributed by atoms with Crippen molar-refractivity contribution in [1.29, 1.82) is 0 Å². The van der Waals surface area contributed by atoms with Gasteiger partial charge >= 0.3 is 6.18 Å². The Morgan fingerprint density at radius 1 is 1.24 bits per heavy atom. The second kappa shape index (κ2) is 11.1. The number of halogens is 3. The first-order valence-corrected chi connectivity index (χ1v) is 14.6. The molecule has 1 unspecified atom stereocenters. The van der Waals surface area contributed by atoms with E-state index in [0.717, 1.165) is 11.3 Å². The third kappa shape index (κ3) is 6.24. The van der Waals surface area contributed by atoms with Crippen molar-refractivity contribution in [2.24, 2.45) is 17.8 Å². The number of hydrogen-bond donors (Lipinski definition) is 1. The molecule has 4 rings (SSSR count). The van der Waals surface area contributed by atoms with E-state index in [1.807, 2.05) is 12.3 Å². The zero-order valence-corrected chi connectivity index (χ0v) is 22.6. The Morgan fingerprint density at radius 2 is 1.95 bits per heavy atom. The first kappa shape index (κ1) is 28.2. The molecule has 7 nitrogen and oxygen atoms in total. The summed E-state index contributed by atoms with van der Waals surface area (Å²) in [6.07, 6.45) is 2.58. The fourth-order valence-corrected chi connectivity index (χ4v) is 6.02. The number of hydrogen-bond acceptors (Lipinski definition) is 6. The lowest BCUT2D eigenvalue weighted by Crippen LogP contribution is -2.27. The number of nitrogens with one attached hydrogen (secondary N) is 1. The maximum absolute atomic E-state index is 13.0. The van der Waals surface area contributed by atoms with Gasteiger partial charge in [-0.1, -0.05) is 26.8 Å². The van der Waals surface area contributed by atoms with Crippen LogP contribution in [0.2, 0.25) is 0 Å². The van der Waals surface area contributed by atoms with E-state index in [2.05, 4.69) is 29.0 Å². The van der Waals surface area contributed by atoms with Crippen molar-refractivity contribution >= 4 is 15.7 Å². The van der Waals surface area contributed by atoms with E-state index >= 15 is 0 Å². The van der Waals surface area contributed by atoms with E-state index in [4.69, 9.17) is 4.42 Å². The van der Waals surface area contributed by atoms with Gasteiger partial charge in [-0.25, -0.2) is 8.42 Å². The number of carbonyl (C=O) groups is 1. The van der Waals surface area contributed by atoms with Crippen LogP contribution in [0.25, 0.3) is 0 Å². The minimum absolute atomic E-state index is 0.0124. The Kier molecular flexibility index (Phi) is 8.25. The summed E-state index contributed by atoms with van der Waals surface area (Å²) in [6.45, 7) is 6.36. The molecule has 0 radical (unpaired) electrons. The SMILES string of the molecule is CCS(=O)(=O)c1ccc(CNC(=O)c2cc3c(o2)C(C(C)C)N(/C=C/C2CCC(C(F)(F)F)CC2)C3)nc1. The van der Waals surface area contributed by atoms with Crippen LogP contribution in [0.1, 0.15) is 80.1 Å². The second-order valence-corrected chi connectivity index (χ2v) is 12.7. The maximum atomic E-state index is 13.0. The number of alkyl halides is 3. The van der Waals surface area contributed by atoms with Crippen LogP contribution in [0.5, 0.6) is 0 Å². The largest absolute Gasteiger partial charge is 0.453 e. The van der Waals surface area contributed by atoms with Crippen LogP contribution in [0.15, 0.2) is 46.0 Å². The number of fused-ring (bicyclic) bond motifs is 1. The van der Waals surface area contributed by atoms with Crippen LogP contribution in [0, 0.1) is 17.8 Å². The lowest BCUT2D eigenvalue weighted by Gasteiger charge is -2.30. The maximum Gasteiger partial charge on any atom is 0.391 e. The number of pyridine rings is 1. The molecule has 0 aromatic carbocycles. The number of furan rings is 1. The van der Waals surface area contributed by atoms with Gasteiger partial charge in [-0.3, -0.25) is 9.78 Å². The van der Waals surface area contributed by atoms with Crippen LogP contribution in [-0.2, 0) is 22.9 Å². The van der Waals surface area contributed by atoms with Crippen LogP contribution < -0.4 is 5.32 Å². The molecular formula is C27H34F3N3O4S. The molecule has 1 aliphatic carbocycles. The molecule has 38 heavy (non-hydrogen) atoms. The molecule has 0 spiro atoms. The zero-order chi connectivity index (χ0) is 27.7. The van der Waals surface area contributed by atoms with E-state index in [0.29, 0.717) is 25.1 Å². The molecule has 3 heterocycles. The minimum Gasteiger partial charge on any atom is -0.453 e. The Morgan fingerprint density at radius 3 is 2.53 bits per heavy atom. The summed E-state index contributed by atoms with van der Waals surface area (Å²) >= 11 is 0. The molecule has 1 saturated carbocycles. The highest BCUT2D eigenvalue weighted by atomic mass is 32.2. The normalized spacial score (nSPS) is 22.3. The van der Waals surface area contributed by atoms with Crippen LogP contribution >= 0.6 is 0 Å². The van der Waals surface area contributed by atoms with E-state index in [-0.39, 0.29) is 53.7 Å². The van der Waals surface area contributed by atoms with Crippen LogP contribution in [-0.4, -0.2) is 36.1 Å². The van der Waals surface area contributed by atoms with Gasteiger partial charge in [0.05, 0.1) is 34.8 Å². The van der Waals surface area contributed by atoms with Crippen molar-refractivity contribution < 1.29 is 30.8 Å². The summed E-state index contributed by atoms with van der Waals surface area (Å²) in [4.78, 5) is 19.2. The molecule has 2 aliphatic rings. The number of carbonyl (C=O) groups excluding carboxylic acids is 1. The fraction of sp³-hybridized carbons (Fsp3) is 0.556. The zero-order valence-electron chi connectivity index (χ0n) is 21.8. The van der Waals surface area contributed by atoms with E-state index in [1.165, 1.54) is 12.3 Å². The predicted octanol–water partition coefficient (Wildman–Crippen LogP) is 5.79. The molecule has 2 aromatic rings. The van der Waals surface area contributed by atoms with Crippen molar-refractivity contribution in [3.8, 4) is 0 Å². The smallest absolute Gasteiger partial charge is 0.391 e. The number of sulfone groups is 1. The van der Waals surface area contributed by atoms with Gasteiger partial charge in [-0.05, 0) is 61.9 Å². The topological polar surface area (TPSA) is 92.5 Å².